The first-order valence-electron chi connectivity index (χ1n) is 5.08. The number of urea groups is 1. The normalized spacial score (nSPS) is 13.0. The van der Waals surface area contributed by atoms with Crippen molar-refractivity contribution in [3.63, 3.8) is 0 Å². The van der Waals surface area contributed by atoms with Gasteiger partial charge in [0.1, 0.15) is 0 Å². The minimum absolute atomic E-state index is 0.0181. The molecule has 0 radical (unpaired) electrons. The van der Waals surface area contributed by atoms with E-state index < -0.39 is 11.9 Å². The smallest absolute Gasteiger partial charge is 0.314 e. The van der Waals surface area contributed by atoms with Crippen molar-refractivity contribution in [2.75, 3.05) is 19.3 Å². The van der Waals surface area contributed by atoms with Crippen LogP contribution in [0.4, 0.5) is 4.79 Å². The fourth-order valence-electron chi connectivity index (χ4n) is 0.761. The average molecular weight is 248 g/mol. The molecule has 2 amide bonds. The number of carbonyl (C=O) groups is 2. The summed E-state index contributed by atoms with van der Waals surface area (Å²) >= 11 is 1.66. The number of carbonyl (C=O) groups excluding carboxylic acids is 1. The van der Waals surface area contributed by atoms with Gasteiger partial charge in [0.15, 0.2) is 0 Å². The lowest BCUT2D eigenvalue weighted by molar-refractivity contribution is -0.140. The van der Waals surface area contributed by atoms with Gasteiger partial charge in [-0.25, -0.2) is 4.79 Å². The number of thioether (sulfide) groups is 1. The molecule has 0 fully saturated rings. The Hall–Kier alpha value is -0.910. The van der Waals surface area contributed by atoms with Gasteiger partial charge >= 0.3 is 12.0 Å². The monoisotopic (exact) mass is 248 g/mol. The third-order valence-corrected chi connectivity index (χ3v) is 3.47. The van der Waals surface area contributed by atoms with Crippen LogP contribution in [0.3, 0.4) is 0 Å². The van der Waals surface area contributed by atoms with E-state index in [-0.39, 0.29) is 17.3 Å². The number of hydrogen-bond donors (Lipinski definition) is 3. The minimum atomic E-state index is -0.912. The van der Waals surface area contributed by atoms with Crippen LogP contribution in [0.1, 0.15) is 20.8 Å². The Kier molecular flexibility index (Phi) is 6.25. The summed E-state index contributed by atoms with van der Waals surface area (Å²) in [7, 11) is 0. The molecule has 94 valence electrons. The molecule has 1 atom stereocenters. The molecule has 0 aliphatic carbocycles. The fraction of sp³-hybridized carbons (Fsp3) is 0.800. The second kappa shape index (κ2) is 6.62. The van der Waals surface area contributed by atoms with E-state index in [2.05, 4.69) is 10.6 Å². The van der Waals surface area contributed by atoms with E-state index >= 15 is 0 Å². The highest BCUT2D eigenvalue weighted by atomic mass is 32.2. The first-order valence-corrected chi connectivity index (χ1v) is 6.30. The van der Waals surface area contributed by atoms with Gasteiger partial charge < -0.3 is 15.7 Å². The van der Waals surface area contributed by atoms with Crippen molar-refractivity contribution in [2.24, 2.45) is 5.92 Å². The molecule has 0 aliphatic heterocycles. The average Bonchev–Trinajstić information content (AvgIpc) is 2.23. The van der Waals surface area contributed by atoms with Gasteiger partial charge in [0.25, 0.3) is 0 Å². The molecular weight excluding hydrogens is 228 g/mol. The zero-order chi connectivity index (χ0) is 12.8. The number of aliphatic carboxylic acids is 1. The number of rotatable bonds is 6. The lowest BCUT2D eigenvalue weighted by atomic mass is 10.2. The predicted molar refractivity (Wildman–Crippen MR) is 65.8 cm³/mol. The van der Waals surface area contributed by atoms with Gasteiger partial charge in [0, 0.05) is 17.8 Å². The molecule has 0 heterocycles. The van der Waals surface area contributed by atoms with Crippen LogP contribution < -0.4 is 10.6 Å². The van der Waals surface area contributed by atoms with Gasteiger partial charge in [-0.1, -0.05) is 6.92 Å². The van der Waals surface area contributed by atoms with E-state index in [0.717, 1.165) is 0 Å². The number of carboxylic acid groups (broad SMARTS) is 1. The van der Waals surface area contributed by atoms with Crippen molar-refractivity contribution in [3.8, 4) is 0 Å². The number of hydrogen-bond acceptors (Lipinski definition) is 3. The summed E-state index contributed by atoms with van der Waals surface area (Å²) in [4.78, 5) is 21.8. The van der Waals surface area contributed by atoms with Gasteiger partial charge in [0.2, 0.25) is 0 Å². The molecule has 0 aromatic heterocycles. The summed E-state index contributed by atoms with van der Waals surface area (Å²) in [5, 5.41) is 13.8. The zero-order valence-electron chi connectivity index (χ0n) is 10.2. The molecule has 6 heteroatoms. The molecule has 0 saturated heterocycles. The Balaban J connectivity index is 3.80. The van der Waals surface area contributed by atoms with Crippen LogP contribution in [0.2, 0.25) is 0 Å². The Morgan fingerprint density at radius 1 is 1.38 bits per heavy atom. The number of nitrogens with one attached hydrogen (secondary N) is 2. The second-order valence-corrected chi connectivity index (χ2v) is 5.78. The highest BCUT2D eigenvalue weighted by Gasteiger charge is 2.17. The van der Waals surface area contributed by atoms with E-state index in [1.165, 1.54) is 0 Å². The highest BCUT2D eigenvalue weighted by Crippen LogP contribution is 2.19. The Labute approximate surface area is 100 Å². The van der Waals surface area contributed by atoms with Crippen molar-refractivity contribution in [1.29, 1.82) is 0 Å². The Morgan fingerprint density at radius 2 is 1.94 bits per heavy atom. The largest absolute Gasteiger partial charge is 0.481 e. The van der Waals surface area contributed by atoms with Gasteiger partial charge in [0.05, 0.1) is 5.92 Å². The highest BCUT2D eigenvalue weighted by molar-refractivity contribution is 7.99. The van der Waals surface area contributed by atoms with E-state index in [9.17, 15) is 9.59 Å². The summed E-state index contributed by atoms with van der Waals surface area (Å²) in [5.74, 6) is -1.48. The van der Waals surface area contributed by atoms with Crippen LogP contribution in [0.15, 0.2) is 0 Å². The molecule has 0 spiro atoms. The maximum atomic E-state index is 11.3. The van der Waals surface area contributed by atoms with Crippen LogP contribution in [0.25, 0.3) is 0 Å². The topological polar surface area (TPSA) is 78.4 Å². The first kappa shape index (κ1) is 15.1. The third-order valence-electron chi connectivity index (χ3n) is 2.22. The van der Waals surface area contributed by atoms with Crippen molar-refractivity contribution in [3.05, 3.63) is 0 Å². The molecule has 5 nitrogen and oxygen atoms in total. The standard InChI is InChI=1S/C10H20N2O3S/c1-7(8(13)14)5-11-9(15)12-6-10(2,3)16-4/h7H,5-6H2,1-4H3,(H,13,14)(H2,11,12,15). The van der Waals surface area contributed by atoms with Crippen molar-refractivity contribution in [1.82, 2.24) is 10.6 Å². The van der Waals surface area contributed by atoms with Gasteiger partial charge in [-0.15, -0.1) is 0 Å². The van der Waals surface area contributed by atoms with Crippen LogP contribution in [0, 0.1) is 5.92 Å². The summed E-state index contributed by atoms with van der Waals surface area (Å²) in [5.41, 5.74) is 0. The Morgan fingerprint density at radius 3 is 2.38 bits per heavy atom. The van der Waals surface area contributed by atoms with Crippen LogP contribution >= 0.6 is 11.8 Å². The quantitative estimate of drug-likeness (QED) is 0.659. The van der Waals surface area contributed by atoms with Crippen LogP contribution in [0.5, 0.6) is 0 Å². The molecular formula is C10H20N2O3S. The molecule has 16 heavy (non-hydrogen) atoms. The van der Waals surface area contributed by atoms with Crippen molar-refractivity contribution in [2.45, 2.75) is 25.5 Å². The maximum Gasteiger partial charge on any atom is 0.314 e. The fourth-order valence-corrected chi connectivity index (χ4v) is 0.977. The van der Waals surface area contributed by atoms with E-state index in [4.69, 9.17) is 5.11 Å². The van der Waals surface area contributed by atoms with Gasteiger partial charge in [-0.2, -0.15) is 11.8 Å². The molecule has 0 rings (SSSR count). The first-order chi connectivity index (χ1) is 7.28. The van der Waals surface area contributed by atoms with Gasteiger partial charge in [-0.3, -0.25) is 4.79 Å². The summed E-state index contributed by atoms with van der Waals surface area (Å²) in [6, 6.07) is -0.324. The second-order valence-electron chi connectivity index (χ2n) is 4.27. The molecule has 0 saturated carbocycles. The molecule has 0 aromatic carbocycles. The lowest BCUT2D eigenvalue weighted by Gasteiger charge is -2.22. The SMILES string of the molecule is CSC(C)(C)CNC(=O)NCC(C)C(=O)O. The molecule has 0 aliphatic rings. The lowest BCUT2D eigenvalue weighted by Crippen LogP contribution is -2.43. The van der Waals surface area contributed by atoms with Crippen LogP contribution in [-0.2, 0) is 4.79 Å². The van der Waals surface area contributed by atoms with Crippen molar-refractivity contribution < 1.29 is 14.7 Å². The molecule has 1 unspecified atom stereocenters. The minimum Gasteiger partial charge on any atom is -0.481 e. The molecule has 0 bridgehead atoms. The number of amides is 2. The van der Waals surface area contributed by atoms with E-state index in [0.29, 0.717) is 6.54 Å². The molecule has 3 N–H and O–H groups in total. The molecule has 0 aromatic rings. The Bertz CT molecular complexity index is 256. The van der Waals surface area contributed by atoms with E-state index in [1.54, 1.807) is 18.7 Å². The van der Waals surface area contributed by atoms with Crippen molar-refractivity contribution >= 4 is 23.8 Å². The third kappa shape index (κ3) is 6.55. The predicted octanol–water partition coefficient (Wildman–Crippen LogP) is 1.15. The summed E-state index contributed by atoms with van der Waals surface area (Å²) in [6.07, 6.45) is 1.98. The zero-order valence-corrected chi connectivity index (χ0v) is 11.0. The summed E-state index contributed by atoms with van der Waals surface area (Å²) < 4.78 is -0.0181. The van der Waals surface area contributed by atoms with Gasteiger partial charge in [-0.05, 0) is 20.1 Å². The van der Waals surface area contributed by atoms with E-state index in [1.807, 2.05) is 20.1 Å². The maximum absolute atomic E-state index is 11.3. The number of carboxylic acids is 1. The summed E-state index contributed by atoms with van der Waals surface area (Å²) in [6.45, 7) is 6.28. The van der Waals surface area contributed by atoms with Crippen LogP contribution in [-0.4, -0.2) is 41.2 Å².